The maximum atomic E-state index is 11.8. The third-order valence-corrected chi connectivity index (χ3v) is 2.41. The predicted octanol–water partition coefficient (Wildman–Crippen LogP) is 1.02. The Hall–Kier alpha value is -2.44. The van der Waals surface area contributed by atoms with E-state index in [1.54, 1.807) is 13.8 Å². The second kappa shape index (κ2) is 4.82. The minimum absolute atomic E-state index is 0.00239. The molecule has 0 saturated carbocycles. The number of hydrogen-bond donors (Lipinski definition) is 1. The highest BCUT2D eigenvalue weighted by molar-refractivity contribution is 5.91. The Bertz CT molecular complexity index is 579. The third-order valence-electron chi connectivity index (χ3n) is 2.41. The Morgan fingerprint density at radius 2 is 2.17 bits per heavy atom. The van der Waals surface area contributed by atoms with Crippen molar-refractivity contribution in [3.63, 3.8) is 0 Å². The van der Waals surface area contributed by atoms with Gasteiger partial charge in [-0.05, 0) is 19.9 Å². The molecule has 0 fully saturated rings. The van der Waals surface area contributed by atoms with E-state index >= 15 is 0 Å². The van der Waals surface area contributed by atoms with Gasteiger partial charge in [-0.25, -0.2) is 9.42 Å². The number of anilines is 1. The van der Waals surface area contributed by atoms with Crippen LogP contribution in [0.2, 0.25) is 0 Å². The molecule has 2 heterocycles. The number of carbonyl (C=O) groups excluding carboxylic acids is 1. The van der Waals surface area contributed by atoms with Crippen LogP contribution in [0, 0.1) is 13.8 Å². The topological polar surface area (TPSA) is 104 Å². The minimum atomic E-state index is -0.505. The summed E-state index contributed by atoms with van der Waals surface area (Å²) in [5.41, 5.74) is 7.95. The number of nitrogens with two attached hydrogens (primary N) is 1. The molecule has 0 unspecified atom stereocenters. The lowest BCUT2D eigenvalue weighted by molar-refractivity contribution is 0.0462. The summed E-state index contributed by atoms with van der Waals surface area (Å²) in [6.07, 6.45) is 1.48. The molecule has 7 heteroatoms. The number of esters is 1. The summed E-state index contributed by atoms with van der Waals surface area (Å²) >= 11 is 0. The van der Waals surface area contributed by atoms with Crippen molar-refractivity contribution in [3.05, 3.63) is 34.9 Å². The van der Waals surface area contributed by atoms with Gasteiger partial charge in [-0.15, -0.1) is 0 Å². The Labute approximate surface area is 103 Å². The molecule has 0 saturated heterocycles. The van der Waals surface area contributed by atoms with E-state index in [1.807, 2.05) is 0 Å². The Kier molecular flexibility index (Phi) is 3.22. The van der Waals surface area contributed by atoms with Gasteiger partial charge in [0.1, 0.15) is 18.0 Å². The van der Waals surface area contributed by atoms with Crippen LogP contribution < -0.4 is 5.73 Å². The predicted molar refractivity (Wildman–Crippen MR) is 61.5 cm³/mol. The monoisotopic (exact) mass is 248 g/mol. The van der Waals surface area contributed by atoms with Crippen LogP contribution in [0.1, 0.15) is 27.4 Å². The van der Waals surface area contributed by atoms with Crippen LogP contribution in [0.4, 0.5) is 5.69 Å². The van der Waals surface area contributed by atoms with Crippen LogP contribution in [0.25, 0.3) is 0 Å². The van der Waals surface area contributed by atoms with Crippen molar-refractivity contribution in [1.29, 1.82) is 0 Å². The molecule has 2 aromatic rings. The van der Waals surface area contributed by atoms with Crippen molar-refractivity contribution in [1.82, 2.24) is 15.3 Å². The van der Waals surface area contributed by atoms with Gasteiger partial charge >= 0.3 is 5.97 Å². The fourth-order valence-corrected chi connectivity index (χ4v) is 1.35. The lowest BCUT2D eigenvalue weighted by Gasteiger charge is -2.05. The van der Waals surface area contributed by atoms with Crippen molar-refractivity contribution in [2.75, 3.05) is 5.73 Å². The van der Waals surface area contributed by atoms with Crippen LogP contribution >= 0.6 is 0 Å². The average molecular weight is 248 g/mol. The van der Waals surface area contributed by atoms with E-state index in [-0.39, 0.29) is 6.61 Å². The summed E-state index contributed by atoms with van der Waals surface area (Å²) in [5, 5.41) is 7.21. The molecule has 0 amide bonds. The van der Waals surface area contributed by atoms with E-state index in [4.69, 9.17) is 10.5 Å². The lowest BCUT2D eigenvalue weighted by Crippen LogP contribution is -2.09. The molecule has 2 aromatic heterocycles. The maximum absolute atomic E-state index is 11.8. The van der Waals surface area contributed by atoms with Crippen LogP contribution in [0.3, 0.4) is 0 Å². The number of ether oxygens (including phenoxy) is 1. The number of nitrogens with zero attached hydrogens (tertiary/aromatic N) is 3. The summed E-state index contributed by atoms with van der Waals surface area (Å²) in [4.78, 5) is 15.8. The van der Waals surface area contributed by atoms with E-state index in [9.17, 15) is 4.79 Å². The van der Waals surface area contributed by atoms with Gasteiger partial charge in [-0.1, -0.05) is 10.3 Å². The van der Waals surface area contributed by atoms with Gasteiger partial charge in [0.05, 0.1) is 23.1 Å². The van der Waals surface area contributed by atoms with Crippen LogP contribution in [-0.2, 0) is 11.3 Å². The molecule has 7 nitrogen and oxygen atoms in total. The van der Waals surface area contributed by atoms with Crippen molar-refractivity contribution in [2.24, 2.45) is 0 Å². The van der Waals surface area contributed by atoms with E-state index in [2.05, 4.69) is 19.9 Å². The first kappa shape index (κ1) is 12.0. The highest BCUT2D eigenvalue weighted by Crippen LogP contribution is 2.12. The van der Waals surface area contributed by atoms with Gasteiger partial charge in [0.2, 0.25) is 0 Å². The summed E-state index contributed by atoms with van der Waals surface area (Å²) < 4.78 is 9.59. The van der Waals surface area contributed by atoms with E-state index < -0.39 is 5.97 Å². The first-order valence-corrected chi connectivity index (χ1v) is 5.25. The number of aryl methyl sites for hydroxylation is 2. The largest absolute Gasteiger partial charge is 0.455 e. The average Bonchev–Trinajstić information content (AvgIpc) is 2.75. The molecule has 0 aromatic carbocycles. The van der Waals surface area contributed by atoms with Crippen molar-refractivity contribution >= 4 is 11.7 Å². The van der Waals surface area contributed by atoms with Gasteiger partial charge in [0.15, 0.2) is 0 Å². The molecule has 94 valence electrons. The molecule has 0 atom stereocenters. The number of hydrogen-bond acceptors (Lipinski definition) is 7. The van der Waals surface area contributed by atoms with Gasteiger partial charge in [-0.2, -0.15) is 0 Å². The Balaban J connectivity index is 2.08. The number of rotatable bonds is 3. The number of nitrogen functional groups attached to an aromatic ring is 1. The Morgan fingerprint density at radius 1 is 1.39 bits per heavy atom. The lowest BCUT2D eigenvalue weighted by atomic mass is 10.2. The molecule has 0 aliphatic heterocycles. The SMILES string of the molecule is Cc1ncc(N)cc1C(=O)OCc1nonc1C. The highest BCUT2D eigenvalue weighted by Gasteiger charge is 2.14. The number of aromatic nitrogens is 3. The van der Waals surface area contributed by atoms with E-state index in [0.29, 0.717) is 28.3 Å². The minimum Gasteiger partial charge on any atom is -0.455 e. The van der Waals surface area contributed by atoms with Gasteiger partial charge in [0, 0.05) is 0 Å². The van der Waals surface area contributed by atoms with Crippen LogP contribution in [-0.4, -0.2) is 21.3 Å². The molecular formula is C11H12N4O3. The van der Waals surface area contributed by atoms with E-state index in [1.165, 1.54) is 12.3 Å². The van der Waals surface area contributed by atoms with Gasteiger partial charge in [-0.3, -0.25) is 4.98 Å². The van der Waals surface area contributed by atoms with Gasteiger partial charge < -0.3 is 10.5 Å². The molecule has 0 aliphatic rings. The zero-order chi connectivity index (χ0) is 13.1. The summed E-state index contributed by atoms with van der Waals surface area (Å²) in [6.45, 7) is 3.42. The molecule has 0 aliphatic carbocycles. The first-order chi connectivity index (χ1) is 8.58. The van der Waals surface area contributed by atoms with Crippen LogP contribution in [0.15, 0.2) is 16.9 Å². The Morgan fingerprint density at radius 3 is 2.83 bits per heavy atom. The maximum Gasteiger partial charge on any atom is 0.340 e. The second-order valence-electron chi connectivity index (χ2n) is 3.77. The van der Waals surface area contributed by atoms with E-state index in [0.717, 1.165) is 0 Å². The first-order valence-electron chi connectivity index (χ1n) is 5.25. The standard InChI is InChI=1S/C11H12N4O3/c1-6-9(3-8(12)4-13-6)11(16)17-5-10-7(2)14-18-15-10/h3-4H,5,12H2,1-2H3. The highest BCUT2D eigenvalue weighted by atomic mass is 16.6. The fraction of sp³-hybridized carbons (Fsp3) is 0.273. The number of carbonyl (C=O) groups is 1. The summed E-state index contributed by atoms with van der Waals surface area (Å²) in [6, 6.07) is 1.53. The molecule has 18 heavy (non-hydrogen) atoms. The zero-order valence-corrected chi connectivity index (χ0v) is 10.0. The molecule has 0 spiro atoms. The van der Waals surface area contributed by atoms with Crippen molar-refractivity contribution in [3.8, 4) is 0 Å². The molecular weight excluding hydrogens is 236 g/mol. The molecule has 0 radical (unpaired) electrons. The van der Waals surface area contributed by atoms with Gasteiger partial charge in [0.25, 0.3) is 0 Å². The number of pyridine rings is 1. The molecule has 0 bridgehead atoms. The second-order valence-corrected chi connectivity index (χ2v) is 3.77. The van der Waals surface area contributed by atoms with Crippen molar-refractivity contribution < 1.29 is 14.2 Å². The summed E-state index contributed by atoms with van der Waals surface area (Å²) in [5.74, 6) is -0.505. The molecule has 2 rings (SSSR count). The normalized spacial score (nSPS) is 10.3. The quantitative estimate of drug-likeness (QED) is 0.808. The summed E-state index contributed by atoms with van der Waals surface area (Å²) in [7, 11) is 0. The smallest absolute Gasteiger partial charge is 0.340 e. The third kappa shape index (κ3) is 2.45. The molecule has 2 N–H and O–H groups in total. The van der Waals surface area contributed by atoms with Crippen molar-refractivity contribution in [2.45, 2.75) is 20.5 Å². The zero-order valence-electron chi connectivity index (χ0n) is 10.0. The fourth-order valence-electron chi connectivity index (χ4n) is 1.35. The van der Waals surface area contributed by atoms with Crippen LogP contribution in [0.5, 0.6) is 0 Å².